The van der Waals surface area contributed by atoms with E-state index >= 15 is 0 Å². The molecule has 0 saturated heterocycles. The quantitative estimate of drug-likeness (QED) is 0.543. The van der Waals surface area contributed by atoms with Crippen LogP contribution in [0.5, 0.6) is 0 Å². The molecule has 0 bridgehead atoms. The maximum Gasteiger partial charge on any atom is 0.133 e. The van der Waals surface area contributed by atoms with E-state index in [2.05, 4.69) is 65.7 Å². The number of aliphatic hydroxyl groups excluding tert-OH is 1. The lowest BCUT2D eigenvalue weighted by Gasteiger charge is -2.21. The summed E-state index contributed by atoms with van der Waals surface area (Å²) in [7, 11) is 0. The number of anilines is 1. The normalized spacial score (nSPS) is 14.4. The minimum absolute atomic E-state index is 0.0766. The van der Waals surface area contributed by atoms with Crippen LogP contribution in [0.25, 0.3) is 0 Å². The Balaban J connectivity index is 1.68. The van der Waals surface area contributed by atoms with Crippen LogP contribution in [-0.4, -0.2) is 61.8 Å². The first-order valence-corrected chi connectivity index (χ1v) is 11.2. The van der Waals surface area contributed by atoms with Crippen molar-refractivity contribution in [3.8, 4) is 0 Å². The van der Waals surface area contributed by atoms with Gasteiger partial charge < -0.3 is 15.2 Å². The smallest absolute Gasteiger partial charge is 0.133 e. The summed E-state index contributed by atoms with van der Waals surface area (Å²) in [5.41, 5.74) is 2.26. The molecule has 0 fully saturated rings. The maximum absolute atomic E-state index is 8.87. The zero-order valence-electron chi connectivity index (χ0n) is 17.1. The average molecular weight is 414 g/mol. The zero-order chi connectivity index (χ0) is 20.3. The van der Waals surface area contributed by atoms with Gasteiger partial charge in [0.1, 0.15) is 5.84 Å². The fourth-order valence-electron chi connectivity index (χ4n) is 3.23. The highest BCUT2D eigenvalue weighted by Crippen LogP contribution is 2.38. The predicted octanol–water partition coefficient (Wildman–Crippen LogP) is 4.12. The van der Waals surface area contributed by atoms with Gasteiger partial charge in [-0.25, -0.2) is 0 Å². The predicted molar refractivity (Wildman–Crippen MR) is 121 cm³/mol. The number of ether oxygens (including phenoxy) is 1. The van der Waals surface area contributed by atoms with Gasteiger partial charge in [0.2, 0.25) is 0 Å². The van der Waals surface area contributed by atoms with Gasteiger partial charge in [0.25, 0.3) is 0 Å². The van der Waals surface area contributed by atoms with Crippen LogP contribution in [-0.2, 0) is 4.74 Å². The van der Waals surface area contributed by atoms with Crippen LogP contribution in [0.15, 0.2) is 63.3 Å². The van der Waals surface area contributed by atoms with Gasteiger partial charge >= 0.3 is 0 Å². The lowest BCUT2D eigenvalue weighted by Crippen LogP contribution is -2.32. The molecule has 2 aromatic carbocycles. The van der Waals surface area contributed by atoms with E-state index in [0.717, 1.165) is 43.3 Å². The Kier molecular flexibility index (Phi) is 9.02. The highest BCUT2D eigenvalue weighted by molar-refractivity contribution is 7.99. The first-order valence-electron chi connectivity index (χ1n) is 10.4. The van der Waals surface area contributed by atoms with E-state index in [9.17, 15) is 0 Å². The van der Waals surface area contributed by atoms with Crippen LogP contribution in [0.4, 0.5) is 5.69 Å². The molecule has 3 rings (SSSR count). The van der Waals surface area contributed by atoms with Gasteiger partial charge in [0.05, 0.1) is 32.1 Å². The summed E-state index contributed by atoms with van der Waals surface area (Å²) in [6.45, 7) is 6.88. The molecule has 0 saturated carbocycles. The summed E-state index contributed by atoms with van der Waals surface area (Å²) in [4.78, 5) is 9.79. The number of hydrogen-bond donors (Lipinski definition) is 2. The van der Waals surface area contributed by atoms with Crippen molar-refractivity contribution < 1.29 is 9.84 Å². The molecule has 1 heterocycles. The van der Waals surface area contributed by atoms with Gasteiger partial charge in [0, 0.05) is 28.4 Å². The molecule has 1 aliphatic heterocycles. The highest BCUT2D eigenvalue weighted by atomic mass is 32.2. The van der Waals surface area contributed by atoms with Crippen molar-refractivity contribution in [1.29, 1.82) is 0 Å². The number of aliphatic hydroxyl groups is 1. The summed E-state index contributed by atoms with van der Waals surface area (Å²) in [6.07, 6.45) is 2.34. The van der Waals surface area contributed by atoms with Gasteiger partial charge in [-0.3, -0.25) is 9.89 Å². The van der Waals surface area contributed by atoms with Gasteiger partial charge in [-0.2, -0.15) is 0 Å². The minimum Gasteiger partial charge on any atom is -0.394 e. The largest absolute Gasteiger partial charge is 0.394 e. The molecule has 0 unspecified atom stereocenters. The third-order valence-electron chi connectivity index (χ3n) is 4.80. The lowest BCUT2D eigenvalue weighted by atomic mass is 10.2. The number of fused-ring (bicyclic) bond motifs is 2. The SMILES string of the molecule is CCCCN(CCN=C1Nc2ccccc2Sc2ccccc21)CCOCCO. The Morgan fingerprint density at radius 1 is 1.00 bits per heavy atom. The first kappa shape index (κ1) is 21.8. The van der Waals surface area contributed by atoms with Gasteiger partial charge in [-0.15, -0.1) is 0 Å². The van der Waals surface area contributed by atoms with Gasteiger partial charge in [-0.1, -0.05) is 55.4 Å². The van der Waals surface area contributed by atoms with Crippen molar-refractivity contribution in [2.45, 2.75) is 29.6 Å². The molecular weight excluding hydrogens is 382 g/mol. The van der Waals surface area contributed by atoms with Gasteiger partial charge in [-0.05, 0) is 31.2 Å². The Labute approximate surface area is 178 Å². The summed E-state index contributed by atoms with van der Waals surface area (Å²) >= 11 is 1.78. The van der Waals surface area contributed by atoms with Crippen LogP contribution >= 0.6 is 11.8 Å². The molecule has 5 nitrogen and oxygen atoms in total. The van der Waals surface area contributed by atoms with Crippen LogP contribution in [0, 0.1) is 0 Å². The van der Waals surface area contributed by atoms with E-state index in [1.807, 2.05) is 0 Å². The van der Waals surface area contributed by atoms with E-state index in [-0.39, 0.29) is 6.61 Å². The molecule has 2 N–H and O–H groups in total. The van der Waals surface area contributed by atoms with E-state index in [4.69, 9.17) is 14.8 Å². The van der Waals surface area contributed by atoms with E-state index < -0.39 is 0 Å². The van der Waals surface area contributed by atoms with E-state index in [1.165, 1.54) is 22.6 Å². The summed E-state index contributed by atoms with van der Waals surface area (Å²) in [6, 6.07) is 16.8. The molecule has 0 amide bonds. The molecule has 29 heavy (non-hydrogen) atoms. The van der Waals surface area contributed by atoms with Crippen molar-refractivity contribution in [3.63, 3.8) is 0 Å². The fraction of sp³-hybridized carbons (Fsp3) is 0.435. The Hall–Kier alpha value is -1.86. The van der Waals surface area contributed by atoms with Crippen LogP contribution in [0.2, 0.25) is 0 Å². The van der Waals surface area contributed by atoms with Crippen molar-refractivity contribution in [3.05, 3.63) is 54.1 Å². The molecule has 1 aliphatic rings. The van der Waals surface area contributed by atoms with Crippen molar-refractivity contribution in [1.82, 2.24) is 4.90 Å². The molecule has 156 valence electrons. The van der Waals surface area contributed by atoms with E-state index in [0.29, 0.717) is 13.2 Å². The topological polar surface area (TPSA) is 57.1 Å². The molecule has 2 aromatic rings. The van der Waals surface area contributed by atoms with Crippen LogP contribution < -0.4 is 5.32 Å². The molecule has 0 spiro atoms. The standard InChI is InChI=1S/C23H31N3O2S/c1-2-3-13-26(15-17-28-18-16-27)14-12-24-23-19-8-4-6-10-21(19)29-22-11-7-5-9-20(22)25-23/h4-11,27H,2-3,12-18H2,1H3,(H,24,25). The first-order chi connectivity index (χ1) is 14.3. The number of unbranched alkanes of at least 4 members (excludes halogenated alkanes) is 1. The van der Waals surface area contributed by atoms with E-state index in [1.54, 1.807) is 11.8 Å². The molecule has 0 aliphatic carbocycles. The number of nitrogens with zero attached hydrogens (tertiary/aromatic N) is 2. The maximum atomic E-state index is 8.87. The Bertz CT molecular complexity index is 797. The average Bonchev–Trinajstić information content (AvgIpc) is 2.91. The van der Waals surface area contributed by atoms with Crippen molar-refractivity contribution in [2.75, 3.05) is 51.3 Å². The lowest BCUT2D eigenvalue weighted by molar-refractivity contribution is 0.0739. The monoisotopic (exact) mass is 413 g/mol. The fourth-order valence-corrected chi connectivity index (χ4v) is 4.26. The van der Waals surface area contributed by atoms with Crippen LogP contribution in [0.1, 0.15) is 25.3 Å². The third kappa shape index (κ3) is 6.57. The minimum atomic E-state index is 0.0766. The summed E-state index contributed by atoms with van der Waals surface area (Å²) in [5.74, 6) is 0.935. The number of para-hydroxylation sites is 1. The zero-order valence-corrected chi connectivity index (χ0v) is 18.0. The molecule has 0 radical (unpaired) electrons. The number of rotatable bonds is 11. The molecule has 0 atom stereocenters. The molecular formula is C23H31N3O2S. The van der Waals surface area contributed by atoms with Crippen LogP contribution in [0.3, 0.4) is 0 Å². The second-order valence-electron chi connectivity index (χ2n) is 6.98. The van der Waals surface area contributed by atoms with Crippen molar-refractivity contribution >= 4 is 23.3 Å². The highest BCUT2D eigenvalue weighted by Gasteiger charge is 2.17. The number of benzene rings is 2. The number of nitrogens with one attached hydrogen (secondary N) is 1. The van der Waals surface area contributed by atoms with Gasteiger partial charge in [0.15, 0.2) is 0 Å². The summed E-state index contributed by atoms with van der Waals surface area (Å²) < 4.78 is 5.45. The van der Waals surface area contributed by atoms with Crippen molar-refractivity contribution in [2.24, 2.45) is 4.99 Å². The second kappa shape index (κ2) is 12.0. The number of hydrogen-bond acceptors (Lipinski definition) is 5. The molecule has 6 heteroatoms. The number of aliphatic imine (C=N–C) groups is 1. The second-order valence-corrected chi connectivity index (χ2v) is 8.06. The summed E-state index contributed by atoms with van der Waals surface area (Å²) in [5, 5.41) is 12.4. The Morgan fingerprint density at radius 3 is 2.62 bits per heavy atom. The Morgan fingerprint density at radius 2 is 1.79 bits per heavy atom. The molecule has 0 aromatic heterocycles. The number of amidine groups is 1. The third-order valence-corrected chi connectivity index (χ3v) is 5.96.